The van der Waals surface area contributed by atoms with Gasteiger partial charge in [0.1, 0.15) is 0 Å². The van der Waals surface area contributed by atoms with Gasteiger partial charge in [0.2, 0.25) is 0 Å². The van der Waals surface area contributed by atoms with Crippen molar-refractivity contribution in [3.63, 3.8) is 0 Å². The van der Waals surface area contributed by atoms with Crippen LogP contribution >= 0.6 is 0 Å². The molecule has 10 rings (SSSR count). The van der Waals surface area contributed by atoms with Crippen LogP contribution in [0.5, 0.6) is 0 Å². The average molecular weight is 637 g/mol. The van der Waals surface area contributed by atoms with Gasteiger partial charge in [-0.05, 0) is 120 Å². The summed E-state index contributed by atoms with van der Waals surface area (Å²) >= 11 is 0. The molecule has 0 spiro atoms. The number of hydrogen-bond acceptors (Lipinski definition) is 4. The Morgan fingerprint density at radius 1 is 0.320 bits per heavy atom. The minimum Gasteiger partial charge on any atom is -0.265 e. The minimum atomic E-state index is 0.884. The lowest BCUT2D eigenvalue weighted by atomic mass is 9.86. The normalized spacial score (nSPS) is 11.6. The van der Waals surface area contributed by atoms with Crippen LogP contribution in [0.2, 0.25) is 0 Å². The van der Waals surface area contributed by atoms with Gasteiger partial charge in [-0.25, -0.2) is 9.97 Å². The van der Waals surface area contributed by atoms with Gasteiger partial charge in [-0.2, -0.15) is 0 Å². The highest BCUT2D eigenvalue weighted by molar-refractivity contribution is 6.27. The van der Waals surface area contributed by atoms with Gasteiger partial charge in [-0.1, -0.05) is 91.0 Å². The van der Waals surface area contributed by atoms with Crippen LogP contribution in [0.25, 0.3) is 99.2 Å². The zero-order chi connectivity index (χ0) is 33.0. The molecule has 0 radical (unpaired) electrons. The van der Waals surface area contributed by atoms with E-state index in [1.165, 1.54) is 37.9 Å². The fourth-order valence-electron chi connectivity index (χ4n) is 7.45. The predicted octanol–water partition coefficient (Wildman–Crippen LogP) is 11.7. The molecule has 0 bridgehead atoms. The van der Waals surface area contributed by atoms with E-state index in [1.807, 2.05) is 55.1 Å². The summed E-state index contributed by atoms with van der Waals surface area (Å²) in [6.07, 6.45) is 7.41. The number of para-hydroxylation sites is 2. The lowest BCUT2D eigenvalue weighted by Gasteiger charge is -2.18. The zero-order valence-corrected chi connectivity index (χ0v) is 27.0. The number of pyridine rings is 2. The molecule has 0 N–H and O–H groups in total. The van der Waals surface area contributed by atoms with E-state index < -0.39 is 0 Å². The van der Waals surface area contributed by atoms with Crippen molar-refractivity contribution in [1.82, 2.24) is 19.9 Å². The van der Waals surface area contributed by atoms with Gasteiger partial charge in [0, 0.05) is 35.9 Å². The van der Waals surface area contributed by atoms with Crippen molar-refractivity contribution < 1.29 is 0 Å². The summed E-state index contributed by atoms with van der Waals surface area (Å²) in [7, 11) is 0. The Hall–Kier alpha value is -6.78. The van der Waals surface area contributed by atoms with Crippen molar-refractivity contribution in [2.45, 2.75) is 0 Å². The van der Waals surface area contributed by atoms with Crippen molar-refractivity contribution in [1.29, 1.82) is 0 Å². The Morgan fingerprint density at radius 3 is 1.40 bits per heavy atom. The molecule has 0 aliphatic heterocycles. The molecule has 0 fully saturated rings. The molecule has 7 aromatic carbocycles. The van der Waals surface area contributed by atoms with E-state index >= 15 is 0 Å². The van der Waals surface area contributed by atoms with Crippen molar-refractivity contribution in [2.75, 3.05) is 0 Å². The smallest absolute Gasteiger partial charge is 0.0979 e. The van der Waals surface area contributed by atoms with E-state index in [4.69, 9.17) is 9.97 Å². The van der Waals surface area contributed by atoms with Gasteiger partial charge >= 0.3 is 0 Å². The Balaban J connectivity index is 1.24. The van der Waals surface area contributed by atoms with E-state index in [0.717, 1.165) is 61.4 Å². The van der Waals surface area contributed by atoms with Crippen LogP contribution < -0.4 is 0 Å². The zero-order valence-electron chi connectivity index (χ0n) is 27.0. The monoisotopic (exact) mass is 636 g/mol. The third-order valence-electron chi connectivity index (χ3n) is 9.81. The van der Waals surface area contributed by atoms with E-state index in [-0.39, 0.29) is 0 Å². The second-order valence-electron chi connectivity index (χ2n) is 12.7. The summed E-state index contributed by atoms with van der Waals surface area (Å²) in [5, 5.41) is 7.31. The van der Waals surface area contributed by atoms with Crippen molar-refractivity contribution in [3.8, 4) is 55.9 Å². The SMILES string of the molecule is c1ccc(-c2nc3ccccc3nc2-c2ccc3ccc4c(-c5cc(-c6ccncc6)cc(-c6ccncc6)c5)ccc5ccc2c3c54)cc1. The summed E-state index contributed by atoms with van der Waals surface area (Å²) in [5.41, 5.74) is 12.6. The van der Waals surface area contributed by atoms with E-state index in [9.17, 15) is 0 Å². The highest BCUT2D eigenvalue weighted by Gasteiger charge is 2.19. The van der Waals surface area contributed by atoms with Crippen LogP contribution in [-0.4, -0.2) is 19.9 Å². The average Bonchev–Trinajstić information content (AvgIpc) is 3.20. The molecule has 0 atom stereocenters. The topological polar surface area (TPSA) is 51.6 Å². The third-order valence-corrected chi connectivity index (χ3v) is 9.81. The number of rotatable bonds is 5. The van der Waals surface area contributed by atoms with E-state index in [2.05, 4.69) is 125 Å². The lowest BCUT2D eigenvalue weighted by Crippen LogP contribution is -1.97. The highest BCUT2D eigenvalue weighted by Crippen LogP contribution is 2.44. The molecule has 232 valence electrons. The first-order chi connectivity index (χ1) is 24.8. The number of benzene rings is 7. The van der Waals surface area contributed by atoms with Gasteiger partial charge < -0.3 is 0 Å². The van der Waals surface area contributed by atoms with Crippen molar-refractivity contribution in [3.05, 3.63) is 170 Å². The molecule has 3 aromatic heterocycles. The Labute approximate surface area is 288 Å². The molecular formula is C46H28N4. The molecule has 0 aliphatic carbocycles. The van der Waals surface area contributed by atoms with Crippen LogP contribution in [0, 0.1) is 0 Å². The molecule has 0 unspecified atom stereocenters. The summed E-state index contributed by atoms with van der Waals surface area (Å²) in [6, 6.07) is 51.7. The lowest BCUT2D eigenvalue weighted by molar-refractivity contribution is 1.30. The second-order valence-corrected chi connectivity index (χ2v) is 12.7. The fraction of sp³-hybridized carbons (Fsp3) is 0. The Morgan fingerprint density at radius 2 is 0.800 bits per heavy atom. The van der Waals surface area contributed by atoms with Crippen LogP contribution in [0.15, 0.2) is 170 Å². The number of nitrogens with zero attached hydrogens (tertiary/aromatic N) is 4. The van der Waals surface area contributed by atoms with Crippen LogP contribution in [-0.2, 0) is 0 Å². The number of aromatic nitrogens is 4. The van der Waals surface area contributed by atoms with Gasteiger partial charge in [-0.15, -0.1) is 0 Å². The molecule has 4 nitrogen and oxygen atoms in total. The standard InChI is InChI=1S/C46H28N4/c1-2-6-33(7-3-1)45-46(50-42-9-5-4-8-41(42)49-45)40-17-13-32-11-15-38-37(14-10-31-12-16-39(40)44(32)43(31)38)36-27-34(29-18-22-47-23-19-29)26-35(28-36)30-20-24-48-25-21-30/h1-28H. The fourth-order valence-corrected chi connectivity index (χ4v) is 7.45. The van der Waals surface area contributed by atoms with E-state index in [1.54, 1.807) is 0 Å². The molecule has 0 saturated carbocycles. The summed E-state index contributed by atoms with van der Waals surface area (Å²) in [4.78, 5) is 19.0. The molecule has 0 aliphatic rings. The highest BCUT2D eigenvalue weighted by atomic mass is 14.8. The number of hydrogen-bond donors (Lipinski definition) is 0. The largest absolute Gasteiger partial charge is 0.265 e. The molecular weight excluding hydrogens is 609 g/mol. The maximum absolute atomic E-state index is 5.27. The van der Waals surface area contributed by atoms with Gasteiger partial charge in [-0.3, -0.25) is 9.97 Å². The molecule has 4 heteroatoms. The van der Waals surface area contributed by atoms with Crippen molar-refractivity contribution >= 4 is 43.4 Å². The van der Waals surface area contributed by atoms with Gasteiger partial charge in [0.25, 0.3) is 0 Å². The molecule has 0 saturated heterocycles. The van der Waals surface area contributed by atoms with Gasteiger partial charge in [0.05, 0.1) is 22.4 Å². The maximum atomic E-state index is 5.27. The first-order valence-corrected chi connectivity index (χ1v) is 16.8. The quantitative estimate of drug-likeness (QED) is 0.176. The maximum Gasteiger partial charge on any atom is 0.0979 e. The minimum absolute atomic E-state index is 0.884. The molecule has 3 heterocycles. The Bertz CT molecular complexity index is 2790. The summed E-state index contributed by atoms with van der Waals surface area (Å²) in [6.45, 7) is 0. The third kappa shape index (κ3) is 4.61. The summed E-state index contributed by atoms with van der Waals surface area (Å²) in [5.74, 6) is 0. The second kappa shape index (κ2) is 11.4. The first kappa shape index (κ1) is 28.3. The van der Waals surface area contributed by atoms with Crippen molar-refractivity contribution in [2.24, 2.45) is 0 Å². The van der Waals surface area contributed by atoms with Crippen LogP contribution in [0.1, 0.15) is 0 Å². The first-order valence-electron chi connectivity index (χ1n) is 16.8. The van der Waals surface area contributed by atoms with Gasteiger partial charge in [0.15, 0.2) is 0 Å². The Kier molecular flexibility index (Phi) is 6.46. The van der Waals surface area contributed by atoms with Crippen LogP contribution in [0.3, 0.4) is 0 Å². The molecule has 10 aromatic rings. The van der Waals surface area contributed by atoms with E-state index in [0.29, 0.717) is 0 Å². The summed E-state index contributed by atoms with van der Waals surface area (Å²) < 4.78 is 0. The molecule has 50 heavy (non-hydrogen) atoms. The molecule has 0 amide bonds. The predicted molar refractivity (Wildman–Crippen MR) is 206 cm³/mol. The number of fused-ring (bicyclic) bond motifs is 1. The van der Waals surface area contributed by atoms with Crippen LogP contribution in [0.4, 0.5) is 0 Å².